The molecule has 22 heavy (non-hydrogen) atoms. The van der Waals surface area contributed by atoms with Crippen molar-refractivity contribution in [1.29, 1.82) is 0 Å². The lowest BCUT2D eigenvalue weighted by Gasteiger charge is -2.04. The molecule has 0 aliphatic rings. The van der Waals surface area contributed by atoms with Crippen LogP contribution in [-0.4, -0.2) is 24.3 Å². The molecule has 0 radical (unpaired) electrons. The number of nitrogens with two attached hydrogens (primary N) is 1. The van der Waals surface area contributed by atoms with Crippen molar-refractivity contribution in [1.82, 2.24) is 0 Å². The highest BCUT2D eigenvalue weighted by atomic mass is 32.1. The summed E-state index contributed by atoms with van der Waals surface area (Å²) in [6.07, 6.45) is 0.865. The van der Waals surface area contributed by atoms with Gasteiger partial charge >= 0.3 is 5.97 Å². The number of hydrogen-bond donors (Lipinski definition) is 1. The quantitative estimate of drug-likeness (QED) is 0.655. The van der Waals surface area contributed by atoms with Crippen LogP contribution in [0.3, 0.4) is 0 Å². The molecule has 0 spiro atoms. The maximum atomic E-state index is 11.9. The third kappa shape index (κ3) is 3.79. The van der Waals surface area contributed by atoms with Gasteiger partial charge in [0.25, 0.3) is 0 Å². The normalized spacial score (nSPS) is 10.2. The topological polar surface area (TPSA) is 86.5 Å². The Morgan fingerprint density at radius 3 is 2.23 bits per heavy atom. The van der Waals surface area contributed by atoms with Gasteiger partial charge in [-0.15, -0.1) is 11.3 Å². The van der Waals surface area contributed by atoms with Gasteiger partial charge in [0.05, 0.1) is 10.4 Å². The summed E-state index contributed by atoms with van der Waals surface area (Å²) in [5.74, 6) is -1.41. The Kier molecular flexibility index (Phi) is 5.06. The van der Waals surface area contributed by atoms with Crippen LogP contribution in [0.1, 0.15) is 42.2 Å². The van der Waals surface area contributed by atoms with Gasteiger partial charge in [0.15, 0.2) is 6.61 Å². The van der Waals surface area contributed by atoms with E-state index in [1.807, 2.05) is 13.0 Å². The van der Waals surface area contributed by atoms with Crippen molar-refractivity contribution < 1.29 is 19.1 Å². The number of benzene rings is 1. The molecule has 2 aromatic rings. The standard InChI is InChI=1S/C16H15NO4S/c1-2-12-7-8-14(22-12)13(18)9-21-16(20)11-5-3-10(4-6-11)15(17)19/h3-8H,2,9H2,1H3,(H2,17,19). The molecule has 6 heteroatoms. The number of amides is 1. The Morgan fingerprint density at radius 2 is 1.68 bits per heavy atom. The second-order valence-electron chi connectivity index (χ2n) is 4.56. The first-order chi connectivity index (χ1) is 10.5. The number of Topliss-reactive ketones (excluding diaryl/α,β-unsaturated/α-hetero) is 1. The zero-order valence-electron chi connectivity index (χ0n) is 12.0. The summed E-state index contributed by atoms with van der Waals surface area (Å²) in [6, 6.07) is 9.38. The van der Waals surface area contributed by atoms with Crippen LogP contribution in [0.5, 0.6) is 0 Å². The number of primary amides is 1. The van der Waals surface area contributed by atoms with Crippen molar-refractivity contribution >= 4 is 29.0 Å². The van der Waals surface area contributed by atoms with E-state index in [2.05, 4.69) is 0 Å². The second-order valence-corrected chi connectivity index (χ2v) is 5.73. The van der Waals surface area contributed by atoms with Gasteiger partial charge in [0.2, 0.25) is 11.7 Å². The second kappa shape index (κ2) is 7.00. The third-order valence-corrected chi connectivity index (χ3v) is 4.30. The Bertz CT molecular complexity index is 703. The van der Waals surface area contributed by atoms with E-state index in [1.165, 1.54) is 35.6 Å². The largest absolute Gasteiger partial charge is 0.454 e. The molecular weight excluding hydrogens is 302 g/mol. The highest BCUT2D eigenvalue weighted by molar-refractivity contribution is 7.14. The molecule has 1 heterocycles. The molecule has 0 saturated carbocycles. The predicted octanol–water partition coefficient (Wildman–Crippen LogP) is 2.45. The SMILES string of the molecule is CCc1ccc(C(=O)COC(=O)c2ccc(C(N)=O)cc2)s1. The fourth-order valence-corrected chi connectivity index (χ4v) is 2.65. The number of aryl methyl sites for hydroxylation is 1. The van der Waals surface area contributed by atoms with Crippen molar-refractivity contribution in [3.63, 3.8) is 0 Å². The molecule has 0 fully saturated rings. The minimum absolute atomic E-state index is 0.230. The Balaban J connectivity index is 1.94. The number of hydrogen-bond acceptors (Lipinski definition) is 5. The van der Waals surface area contributed by atoms with Crippen LogP contribution < -0.4 is 5.73 Å². The third-order valence-electron chi connectivity index (χ3n) is 3.02. The fraction of sp³-hybridized carbons (Fsp3) is 0.188. The van der Waals surface area contributed by atoms with Crippen LogP contribution in [0.4, 0.5) is 0 Å². The summed E-state index contributed by atoms with van der Waals surface area (Å²) in [6.45, 7) is 1.70. The van der Waals surface area contributed by atoms with Crippen LogP contribution in [0.25, 0.3) is 0 Å². The lowest BCUT2D eigenvalue weighted by atomic mass is 10.1. The van der Waals surface area contributed by atoms with Crippen LogP contribution >= 0.6 is 11.3 Å². The fourth-order valence-electron chi connectivity index (χ4n) is 1.77. The molecule has 0 unspecified atom stereocenters. The maximum Gasteiger partial charge on any atom is 0.338 e. The lowest BCUT2D eigenvalue weighted by molar-refractivity contribution is 0.0475. The molecular formula is C16H15NO4S. The van der Waals surface area contributed by atoms with E-state index in [-0.39, 0.29) is 18.0 Å². The number of esters is 1. The first-order valence-corrected chi connectivity index (χ1v) is 7.51. The van der Waals surface area contributed by atoms with E-state index >= 15 is 0 Å². The van der Waals surface area contributed by atoms with Crippen LogP contribution in [0, 0.1) is 0 Å². The zero-order chi connectivity index (χ0) is 16.1. The highest BCUT2D eigenvalue weighted by Crippen LogP contribution is 2.17. The van der Waals surface area contributed by atoms with Crippen molar-refractivity contribution in [2.45, 2.75) is 13.3 Å². The number of carbonyl (C=O) groups excluding carboxylic acids is 3. The minimum atomic E-state index is -0.614. The van der Waals surface area contributed by atoms with Gasteiger partial charge in [-0.2, -0.15) is 0 Å². The maximum absolute atomic E-state index is 11.9. The van der Waals surface area contributed by atoms with Crippen molar-refractivity contribution in [3.05, 3.63) is 57.3 Å². The van der Waals surface area contributed by atoms with Gasteiger partial charge in [0.1, 0.15) is 0 Å². The highest BCUT2D eigenvalue weighted by Gasteiger charge is 2.14. The monoisotopic (exact) mass is 317 g/mol. The Labute approximate surface area is 131 Å². The summed E-state index contributed by atoms with van der Waals surface area (Å²) in [5, 5.41) is 0. The van der Waals surface area contributed by atoms with Gasteiger partial charge in [-0.3, -0.25) is 9.59 Å². The number of ketones is 1. The average molecular weight is 317 g/mol. The van der Waals surface area contributed by atoms with E-state index in [0.29, 0.717) is 10.4 Å². The van der Waals surface area contributed by atoms with E-state index in [1.54, 1.807) is 6.07 Å². The molecule has 0 saturated heterocycles. The molecule has 2 rings (SSSR count). The van der Waals surface area contributed by atoms with Gasteiger partial charge in [0, 0.05) is 10.4 Å². The predicted molar refractivity (Wildman–Crippen MR) is 83.3 cm³/mol. The smallest absolute Gasteiger partial charge is 0.338 e. The molecule has 0 atom stereocenters. The van der Waals surface area contributed by atoms with E-state index in [4.69, 9.17) is 10.5 Å². The number of ether oxygens (including phenoxy) is 1. The van der Waals surface area contributed by atoms with Crippen molar-refractivity contribution in [3.8, 4) is 0 Å². The van der Waals surface area contributed by atoms with E-state index < -0.39 is 11.9 Å². The van der Waals surface area contributed by atoms with Crippen LogP contribution in [0.15, 0.2) is 36.4 Å². The van der Waals surface area contributed by atoms with Crippen molar-refractivity contribution in [2.75, 3.05) is 6.61 Å². The first kappa shape index (κ1) is 15.9. The average Bonchev–Trinajstić information content (AvgIpc) is 3.01. The van der Waals surface area contributed by atoms with Crippen LogP contribution in [0.2, 0.25) is 0 Å². The summed E-state index contributed by atoms with van der Waals surface area (Å²) in [7, 11) is 0. The molecule has 1 aromatic carbocycles. The molecule has 0 bridgehead atoms. The molecule has 0 aliphatic heterocycles. The number of rotatable bonds is 6. The summed E-state index contributed by atoms with van der Waals surface area (Å²) < 4.78 is 4.99. The molecule has 5 nitrogen and oxygen atoms in total. The first-order valence-electron chi connectivity index (χ1n) is 6.70. The molecule has 0 aliphatic carbocycles. The van der Waals surface area contributed by atoms with E-state index in [0.717, 1.165) is 11.3 Å². The van der Waals surface area contributed by atoms with Gasteiger partial charge in [-0.25, -0.2) is 4.79 Å². The number of thiophene rings is 1. The van der Waals surface area contributed by atoms with Crippen LogP contribution in [-0.2, 0) is 11.2 Å². The minimum Gasteiger partial charge on any atom is -0.454 e. The van der Waals surface area contributed by atoms with Gasteiger partial charge in [-0.05, 0) is 42.8 Å². The number of carbonyl (C=O) groups is 3. The van der Waals surface area contributed by atoms with E-state index in [9.17, 15) is 14.4 Å². The Hall–Kier alpha value is -2.47. The summed E-state index contributed by atoms with van der Waals surface area (Å²) in [5.41, 5.74) is 5.68. The summed E-state index contributed by atoms with van der Waals surface area (Å²) in [4.78, 5) is 36.4. The zero-order valence-corrected chi connectivity index (χ0v) is 12.8. The molecule has 1 amide bonds. The molecule has 114 valence electrons. The lowest BCUT2D eigenvalue weighted by Crippen LogP contribution is -2.14. The molecule has 1 aromatic heterocycles. The summed E-state index contributed by atoms with van der Waals surface area (Å²) >= 11 is 1.40. The Morgan fingerprint density at radius 1 is 1.05 bits per heavy atom. The van der Waals surface area contributed by atoms with Crippen molar-refractivity contribution in [2.24, 2.45) is 5.73 Å². The van der Waals surface area contributed by atoms with Gasteiger partial charge < -0.3 is 10.5 Å². The van der Waals surface area contributed by atoms with Gasteiger partial charge in [-0.1, -0.05) is 6.92 Å². The molecule has 2 N–H and O–H groups in total.